The molecule has 3 N–H and O–H groups in total. The van der Waals surface area contributed by atoms with Gasteiger partial charge in [0, 0.05) is 79.4 Å². The van der Waals surface area contributed by atoms with Crippen molar-refractivity contribution < 1.29 is 19.5 Å². The number of carbonyl (C=O) groups is 3. The van der Waals surface area contributed by atoms with E-state index in [-0.39, 0.29) is 36.5 Å². The van der Waals surface area contributed by atoms with Gasteiger partial charge in [0.15, 0.2) is 0 Å². The molecular weight excluding hydrogens is 424 g/mol. The summed E-state index contributed by atoms with van der Waals surface area (Å²) < 4.78 is 0. The van der Waals surface area contributed by atoms with Crippen LogP contribution >= 0.6 is 0 Å². The summed E-state index contributed by atoms with van der Waals surface area (Å²) >= 11 is 0. The van der Waals surface area contributed by atoms with Crippen molar-refractivity contribution in [2.45, 2.75) is 69.2 Å². The van der Waals surface area contributed by atoms with Crippen LogP contribution < -0.4 is 5.73 Å². The Morgan fingerprint density at radius 2 is 1.88 bits per heavy atom. The van der Waals surface area contributed by atoms with Crippen LogP contribution in [0.2, 0.25) is 0 Å². The number of likely N-dealkylation sites (N-methyl/N-ethyl adjacent to an activating group) is 1. The van der Waals surface area contributed by atoms with Gasteiger partial charge in [-0.1, -0.05) is 0 Å². The fourth-order valence-electron chi connectivity index (χ4n) is 5.95. The van der Waals surface area contributed by atoms with Crippen LogP contribution in [0.15, 0.2) is 0 Å². The highest BCUT2D eigenvalue weighted by Gasteiger charge is 2.52. The van der Waals surface area contributed by atoms with Gasteiger partial charge >= 0.3 is 6.03 Å². The molecule has 2 bridgehead atoms. The van der Waals surface area contributed by atoms with Crippen molar-refractivity contribution in [2.75, 3.05) is 60.4 Å². The van der Waals surface area contributed by atoms with Gasteiger partial charge < -0.3 is 25.5 Å². The Morgan fingerprint density at radius 1 is 1.15 bits per heavy atom. The summed E-state index contributed by atoms with van der Waals surface area (Å²) in [7, 11) is 5.34. The topological polar surface area (TPSA) is 114 Å². The van der Waals surface area contributed by atoms with Crippen molar-refractivity contribution in [3.63, 3.8) is 0 Å². The van der Waals surface area contributed by atoms with Crippen LogP contribution in [-0.2, 0) is 9.59 Å². The number of piperidine rings is 1. The third kappa shape index (κ3) is 5.60. The van der Waals surface area contributed by atoms with Gasteiger partial charge in [-0.2, -0.15) is 0 Å². The first-order valence-electron chi connectivity index (χ1n) is 12.2. The lowest BCUT2D eigenvalue weighted by Gasteiger charge is -2.44. The Morgan fingerprint density at radius 3 is 2.52 bits per heavy atom. The van der Waals surface area contributed by atoms with Crippen molar-refractivity contribution in [1.29, 1.82) is 0 Å². The Hall–Kier alpha value is -1.91. The molecule has 10 heteroatoms. The van der Waals surface area contributed by atoms with Gasteiger partial charge in [0.05, 0.1) is 6.10 Å². The molecule has 0 radical (unpaired) electrons. The predicted molar refractivity (Wildman–Crippen MR) is 125 cm³/mol. The van der Waals surface area contributed by atoms with Gasteiger partial charge in [0.2, 0.25) is 11.8 Å². The molecule has 4 amide bonds. The van der Waals surface area contributed by atoms with Crippen molar-refractivity contribution in [3.05, 3.63) is 0 Å². The largest absolute Gasteiger partial charge is 0.390 e. The van der Waals surface area contributed by atoms with Gasteiger partial charge in [-0.3, -0.25) is 19.4 Å². The SMILES string of the molecule is CC(=O)N(CCN1CC[C@@H](N(C)C(=O)N(C)C)C1)CC(O)CN1[C@@H]2CCC[C@@]1(C(N)=O)CC2. The molecule has 0 aliphatic carbocycles. The molecule has 3 fully saturated rings. The number of likely N-dealkylation sites (tertiary alicyclic amines) is 1. The maximum atomic E-state index is 12.3. The molecule has 3 aliphatic heterocycles. The van der Waals surface area contributed by atoms with E-state index in [0.717, 1.165) is 51.6 Å². The zero-order valence-corrected chi connectivity index (χ0v) is 20.7. The highest BCUT2D eigenvalue weighted by atomic mass is 16.3. The Balaban J connectivity index is 1.51. The van der Waals surface area contributed by atoms with E-state index < -0.39 is 11.6 Å². The van der Waals surface area contributed by atoms with E-state index in [4.69, 9.17) is 5.73 Å². The number of carbonyl (C=O) groups excluding carboxylic acids is 3. The van der Waals surface area contributed by atoms with E-state index in [1.165, 1.54) is 6.92 Å². The van der Waals surface area contributed by atoms with Crippen LogP contribution in [-0.4, -0.2) is 132 Å². The number of aliphatic hydroxyl groups is 1. The van der Waals surface area contributed by atoms with Gasteiger partial charge in [-0.15, -0.1) is 0 Å². The number of nitrogens with zero attached hydrogens (tertiary/aromatic N) is 5. The first kappa shape index (κ1) is 25.7. The van der Waals surface area contributed by atoms with E-state index in [1.54, 1.807) is 28.8 Å². The number of nitrogens with two attached hydrogens (primary N) is 1. The summed E-state index contributed by atoms with van der Waals surface area (Å²) in [6.45, 7) is 5.00. The third-order valence-corrected chi connectivity index (χ3v) is 7.92. The summed E-state index contributed by atoms with van der Waals surface area (Å²) in [5, 5.41) is 10.9. The lowest BCUT2D eigenvalue weighted by Crippen LogP contribution is -2.60. The molecule has 188 valence electrons. The molecule has 0 aromatic carbocycles. The highest BCUT2D eigenvalue weighted by molar-refractivity contribution is 5.85. The smallest absolute Gasteiger partial charge is 0.319 e. The van der Waals surface area contributed by atoms with Gasteiger partial charge in [0.1, 0.15) is 5.54 Å². The molecular formula is C23H42N6O4. The van der Waals surface area contributed by atoms with Crippen molar-refractivity contribution in [2.24, 2.45) is 5.73 Å². The molecule has 3 rings (SSSR count). The van der Waals surface area contributed by atoms with E-state index in [1.807, 2.05) is 7.05 Å². The quantitative estimate of drug-likeness (QED) is 0.485. The van der Waals surface area contributed by atoms with E-state index in [0.29, 0.717) is 19.6 Å². The number of fused-ring (bicyclic) bond motifs is 2. The summed E-state index contributed by atoms with van der Waals surface area (Å²) in [6, 6.07) is 0.446. The summed E-state index contributed by atoms with van der Waals surface area (Å²) in [6.07, 6.45) is 4.64. The van der Waals surface area contributed by atoms with Crippen molar-refractivity contribution in [3.8, 4) is 0 Å². The highest BCUT2D eigenvalue weighted by Crippen LogP contribution is 2.43. The fraction of sp³-hybridized carbons (Fsp3) is 0.870. The Labute approximate surface area is 197 Å². The molecule has 0 aromatic rings. The molecule has 0 spiro atoms. The number of β-amino-alcohol motifs (C(OH)–C–C–N with tert-alkyl or cyclic N) is 1. The second-order valence-corrected chi connectivity index (χ2v) is 10.3. The van der Waals surface area contributed by atoms with Crippen LogP contribution in [0.4, 0.5) is 4.79 Å². The van der Waals surface area contributed by atoms with Crippen molar-refractivity contribution >= 4 is 17.8 Å². The number of primary amides is 1. The molecule has 10 nitrogen and oxygen atoms in total. The predicted octanol–water partition coefficient (Wildman–Crippen LogP) is -0.244. The molecule has 4 atom stereocenters. The minimum absolute atomic E-state index is 0.00394. The van der Waals surface area contributed by atoms with Gasteiger partial charge in [-0.25, -0.2) is 4.79 Å². The maximum Gasteiger partial charge on any atom is 0.319 e. The van der Waals surface area contributed by atoms with Crippen LogP contribution in [0.5, 0.6) is 0 Å². The normalized spacial score (nSPS) is 28.5. The van der Waals surface area contributed by atoms with Gasteiger partial charge in [0.25, 0.3) is 0 Å². The number of amides is 4. The number of urea groups is 1. The van der Waals surface area contributed by atoms with Crippen molar-refractivity contribution in [1.82, 2.24) is 24.5 Å². The monoisotopic (exact) mass is 466 g/mol. The standard InChI is InChI=1S/C23H42N6O4/c1-17(30)28(13-12-27-11-8-19(14-27)26(4)22(33)25(2)3)15-20(31)16-29-18-6-5-9-23(29,10-7-18)21(24)32/h18-20,31H,5-16H2,1-4H3,(H2,24,32)/t18-,19-,20?,23+/m1/s1. The molecule has 3 aliphatic rings. The number of hydrogen-bond acceptors (Lipinski definition) is 6. The molecule has 0 saturated carbocycles. The summed E-state index contributed by atoms with van der Waals surface area (Å²) in [5.74, 6) is -0.363. The average Bonchev–Trinajstić information content (AvgIpc) is 3.29. The van der Waals surface area contributed by atoms with Crippen LogP contribution in [0.25, 0.3) is 0 Å². The molecule has 3 heterocycles. The minimum Gasteiger partial charge on any atom is -0.390 e. The molecule has 3 saturated heterocycles. The molecule has 33 heavy (non-hydrogen) atoms. The maximum absolute atomic E-state index is 12.3. The third-order valence-electron chi connectivity index (χ3n) is 7.92. The second-order valence-electron chi connectivity index (χ2n) is 10.3. The Kier molecular flexibility index (Phi) is 8.23. The zero-order chi connectivity index (χ0) is 24.3. The summed E-state index contributed by atoms with van der Waals surface area (Å²) in [5.41, 5.74) is 5.15. The fourth-order valence-corrected chi connectivity index (χ4v) is 5.95. The number of hydrogen-bond donors (Lipinski definition) is 2. The average molecular weight is 467 g/mol. The Bertz CT molecular complexity index is 730. The lowest BCUT2D eigenvalue weighted by atomic mass is 9.87. The van der Waals surface area contributed by atoms with E-state index in [2.05, 4.69) is 9.80 Å². The first-order chi connectivity index (χ1) is 15.5. The minimum atomic E-state index is -0.735. The zero-order valence-electron chi connectivity index (χ0n) is 20.7. The number of rotatable bonds is 9. The first-order valence-corrected chi connectivity index (χ1v) is 12.2. The van der Waals surface area contributed by atoms with Crippen LogP contribution in [0.3, 0.4) is 0 Å². The van der Waals surface area contributed by atoms with Crippen LogP contribution in [0, 0.1) is 0 Å². The van der Waals surface area contributed by atoms with Gasteiger partial charge in [-0.05, 0) is 38.5 Å². The second kappa shape index (κ2) is 10.6. The lowest BCUT2D eigenvalue weighted by molar-refractivity contribution is -0.135. The number of aliphatic hydroxyl groups excluding tert-OH is 1. The van der Waals surface area contributed by atoms with E-state index >= 15 is 0 Å². The molecule has 1 unspecified atom stereocenters. The molecule has 0 aromatic heterocycles. The van der Waals surface area contributed by atoms with Crippen LogP contribution in [0.1, 0.15) is 45.4 Å². The van der Waals surface area contributed by atoms with E-state index in [9.17, 15) is 19.5 Å². The summed E-state index contributed by atoms with van der Waals surface area (Å²) in [4.78, 5) is 46.2.